The first-order valence-electron chi connectivity index (χ1n) is 5.94. The highest BCUT2D eigenvalue weighted by molar-refractivity contribution is 5.67. The van der Waals surface area contributed by atoms with E-state index in [-0.39, 0.29) is 12.1 Å². The maximum absolute atomic E-state index is 11.1. The number of likely N-dealkylation sites (tertiary alicyclic amines) is 1. The van der Waals surface area contributed by atoms with Crippen molar-refractivity contribution < 1.29 is 9.53 Å². The van der Waals surface area contributed by atoms with Crippen molar-refractivity contribution in [2.75, 3.05) is 25.9 Å². The van der Waals surface area contributed by atoms with Gasteiger partial charge in [-0.25, -0.2) is 4.79 Å². The molecule has 2 rings (SSSR count). The van der Waals surface area contributed by atoms with Crippen LogP contribution in [-0.4, -0.2) is 42.2 Å². The summed E-state index contributed by atoms with van der Waals surface area (Å²) in [5.41, 5.74) is 7.39. The molecule has 1 aromatic rings. The van der Waals surface area contributed by atoms with E-state index in [0.29, 0.717) is 0 Å². The van der Waals surface area contributed by atoms with Crippen LogP contribution in [-0.2, 0) is 11.3 Å². The number of amides is 1. The van der Waals surface area contributed by atoms with Crippen molar-refractivity contribution >= 4 is 11.8 Å². The zero-order chi connectivity index (χ0) is 13.0. The first kappa shape index (κ1) is 12.6. The van der Waals surface area contributed by atoms with E-state index in [2.05, 4.69) is 19.9 Å². The average molecular weight is 250 g/mol. The summed E-state index contributed by atoms with van der Waals surface area (Å²) in [6, 6.07) is 3.80. The SMILES string of the molecule is COC(=O)NC1CCN(Cc2cc(N)ccn2)C1. The van der Waals surface area contributed by atoms with E-state index in [1.165, 1.54) is 7.11 Å². The standard InChI is InChI=1S/C12H18N4O2/c1-18-12(17)15-10-3-5-16(7-10)8-11-6-9(13)2-4-14-11/h2,4,6,10H,3,5,7-8H2,1H3,(H2,13,14)(H,15,17). The Kier molecular flexibility index (Phi) is 3.99. The number of ether oxygens (including phenoxy) is 1. The van der Waals surface area contributed by atoms with Gasteiger partial charge in [-0.3, -0.25) is 9.88 Å². The minimum atomic E-state index is -0.371. The molecule has 1 aliphatic heterocycles. The number of nitrogens with two attached hydrogens (primary N) is 1. The smallest absolute Gasteiger partial charge is 0.407 e. The summed E-state index contributed by atoms with van der Waals surface area (Å²) in [6.07, 6.45) is 2.27. The van der Waals surface area contributed by atoms with Crippen LogP contribution in [0.15, 0.2) is 18.3 Å². The molecule has 0 aliphatic carbocycles. The van der Waals surface area contributed by atoms with Gasteiger partial charge in [-0.1, -0.05) is 0 Å². The molecule has 18 heavy (non-hydrogen) atoms. The zero-order valence-electron chi connectivity index (χ0n) is 10.4. The molecule has 1 amide bonds. The minimum Gasteiger partial charge on any atom is -0.453 e. The molecule has 0 bridgehead atoms. The van der Waals surface area contributed by atoms with Crippen molar-refractivity contribution in [1.29, 1.82) is 0 Å². The number of nitrogen functional groups attached to an aromatic ring is 1. The summed E-state index contributed by atoms with van der Waals surface area (Å²) in [5.74, 6) is 0. The van der Waals surface area contributed by atoms with Crippen LogP contribution in [0.1, 0.15) is 12.1 Å². The van der Waals surface area contributed by atoms with Crippen LogP contribution in [0.4, 0.5) is 10.5 Å². The van der Waals surface area contributed by atoms with Gasteiger partial charge in [-0.2, -0.15) is 0 Å². The minimum absolute atomic E-state index is 0.151. The number of aromatic nitrogens is 1. The summed E-state index contributed by atoms with van der Waals surface area (Å²) in [7, 11) is 1.37. The van der Waals surface area contributed by atoms with Gasteiger partial charge in [0, 0.05) is 37.6 Å². The predicted octanol–water partition coefficient (Wildman–Crippen LogP) is 0.594. The normalized spacial score (nSPS) is 19.7. The van der Waals surface area contributed by atoms with Crippen molar-refractivity contribution in [3.8, 4) is 0 Å². The number of anilines is 1. The fraction of sp³-hybridized carbons (Fsp3) is 0.500. The van der Waals surface area contributed by atoms with Crippen molar-refractivity contribution in [3.05, 3.63) is 24.0 Å². The van der Waals surface area contributed by atoms with Gasteiger partial charge in [0.05, 0.1) is 12.8 Å². The van der Waals surface area contributed by atoms with E-state index in [9.17, 15) is 4.79 Å². The second-order valence-electron chi connectivity index (χ2n) is 4.44. The molecule has 6 heteroatoms. The molecular formula is C12H18N4O2. The molecule has 6 nitrogen and oxygen atoms in total. The first-order chi connectivity index (χ1) is 8.67. The van der Waals surface area contributed by atoms with Crippen LogP contribution in [0, 0.1) is 0 Å². The summed E-state index contributed by atoms with van der Waals surface area (Å²) >= 11 is 0. The van der Waals surface area contributed by atoms with Crippen LogP contribution in [0.3, 0.4) is 0 Å². The van der Waals surface area contributed by atoms with Crippen LogP contribution in [0.2, 0.25) is 0 Å². The lowest BCUT2D eigenvalue weighted by atomic mass is 10.3. The van der Waals surface area contributed by atoms with Gasteiger partial charge in [-0.15, -0.1) is 0 Å². The summed E-state index contributed by atoms with van der Waals surface area (Å²) < 4.78 is 4.58. The van der Waals surface area contributed by atoms with Gasteiger partial charge in [0.2, 0.25) is 0 Å². The van der Waals surface area contributed by atoms with Crippen molar-refractivity contribution in [2.45, 2.75) is 19.0 Å². The van der Waals surface area contributed by atoms with Gasteiger partial charge in [-0.05, 0) is 18.6 Å². The van der Waals surface area contributed by atoms with Crippen molar-refractivity contribution in [2.24, 2.45) is 0 Å². The number of carbonyl (C=O) groups excluding carboxylic acids is 1. The van der Waals surface area contributed by atoms with E-state index in [0.717, 1.165) is 37.4 Å². The molecule has 98 valence electrons. The van der Waals surface area contributed by atoms with Crippen LogP contribution >= 0.6 is 0 Å². The molecule has 1 aromatic heterocycles. The highest BCUT2D eigenvalue weighted by Gasteiger charge is 2.24. The van der Waals surface area contributed by atoms with Gasteiger partial charge in [0.25, 0.3) is 0 Å². The van der Waals surface area contributed by atoms with Crippen LogP contribution in [0.5, 0.6) is 0 Å². The third-order valence-electron chi connectivity index (χ3n) is 3.01. The number of pyridine rings is 1. The molecule has 0 spiro atoms. The fourth-order valence-corrected chi connectivity index (χ4v) is 2.13. The van der Waals surface area contributed by atoms with Gasteiger partial charge >= 0.3 is 6.09 Å². The van der Waals surface area contributed by atoms with Crippen molar-refractivity contribution in [1.82, 2.24) is 15.2 Å². The van der Waals surface area contributed by atoms with Gasteiger partial charge < -0.3 is 15.8 Å². The number of rotatable bonds is 3. The number of nitrogens with one attached hydrogen (secondary N) is 1. The first-order valence-corrected chi connectivity index (χ1v) is 5.94. The third-order valence-corrected chi connectivity index (χ3v) is 3.01. The quantitative estimate of drug-likeness (QED) is 0.821. The van der Waals surface area contributed by atoms with E-state index < -0.39 is 0 Å². The van der Waals surface area contributed by atoms with Gasteiger partial charge in [0.1, 0.15) is 0 Å². The van der Waals surface area contributed by atoms with E-state index in [1.54, 1.807) is 12.3 Å². The molecule has 2 heterocycles. The Morgan fingerprint density at radius 2 is 2.56 bits per heavy atom. The maximum atomic E-state index is 11.1. The van der Waals surface area contributed by atoms with Crippen LogP contribution in [0.25, 0.3) is 0 Å². The maximum Gasteiger partial charge on any atom is 0.407 e. The molecular weight excluding hydrogens is 232 g/mol. The van der Waals surface area contributed by atoms with Crippen molar-refractivity contribution in [3.63, 3.8) is 0 Å². The largest absolute Gasteiger partial charge is 0.453 e. The number of nitrogens with zero attached hydrogens (tertiary/aromatic N) is 2. The lowest BCUT2D eigenvalue weighted by Crippen LogP contribution is -2.36. The fourth-order valence-electron chi connectivity index (χ4n) is 2.13. The molecule has 1 unspecified atom stereocenters. The van der Waals surface area contributed by atoms with Crippen LogP contribution < -0.4 is 11.1 Å². The summed E-state index contributed by atoms with van der Waals surface area (Å²) in [5, 5.41) is 2.81. The predicted molar refractivity (Wildman–Crippen MR) is 67.9 cm³/mol. The Labute approximate surface area is 106 Å². The third kappa shape index (κ3) is 3.33. The highest BCUT2D eigenvalue weighted by Crippen LogP contribution is 2.13. The molecule has 3 N–H and O–H groups in total. The monoisotopic (exact) mass is 250 g/mol. The van der Waals surface area contributed by atoms with Gasteiger partial charge in [0.15, 0.2) is 0 Å². The number of hydrogen-bond acceptors (Lipinski definition) is 5. The number of carbonyl (C=O) groups is 1. The summed E-state index contributed by atoms with van der Waals surface area (Å²) in [4.78, 5) is 17.6. The average Bonchev–Trinajstić information content (AvgIpc) is 2.76. The number of alkyl carbamates (subject to hydrolysis) is 1. The van der Waals surface area contributed by atoms with E-state index >= 15 is 0 Å². The Balaban J connectivity index is 1.84. The Morgan fingerprint density at radius 3 is 3.28 bits per heavy atom. The molecule has 1 fully saturated rings. The Bertz CT molecular complexity index is 424. The molecule has 1 aliphatic rings. The molecule has 0 radical (unpaired) electrons. The second kappa shape index (κ2) is 5.68. The second-order valence-corrected chi connectivity index (χ2v) is 4.44. The number of hydrogen-bond donors (Lipinski definition) is 2. The topological polar surface area (TPSA) is 80.5 Å². The Morgan fingerprint density at radius 1 is 1.72 bits per heavy atom. The summed E-state index contributed by atoms with van der Waals surface area (Å²) in [6.45, 7) is 2.50. The number of methoxy groups -OCH3 is 1. The van der Waals surface area contributed by atoms with E-state index in [1.807, 2.05) is 6.07 Å². The highest BCUT2D eigenvalue weighted by atomic mass is 16.5. The molecule has 1 saturated heterocycles. The molecule has 0 saturated carbocycles. The zero-order valence-corrected chi connectivity index (χ0v) is 10.4. The lowest BCUT2D eigenvalue weighted by Gasteiger charge is -2.16. The Hall–Kier alpha value is -1.82. The van der Waals surface area contributed by atoms with E-state index in [4.69, 9.17) is 5.73 Å². The molecule has 0 aromatic carbocycles. The molecule has 1 atom stereocenters. The lowest BCUT2D eigenvalue weighted by molar-refractivity contribution is 0.166.